The molecule has 1 amide bonds. The fraction of sp³-hybridized carbons (Fsp3) is 0.333. The minimum Gasteiger partial charge on any atom is -0.383 e. The molecule has 1 aliphatic rings. The van der Waals surface area contributed by atoms with Crippen LogP contribution in [0.4, 0.5) is 5.69 Å². The van der Waals surface area contributed by atoms with E-state index in [0.29, 0.717) is 37.5 Å². The molecule has 1 fully saturated rings. The van der Waals surface area contributed by atoms with Crippen LogP contribution in [0.25, 0.3) is 10.9 Å². The minimum atomic E-state index is -3.67. The van der Waals surface area contributed by atoms with Gasteiger partial charge in [0.25, 0.3) is 5.91 Å². The van der Waals surface area contributed by atoms with E-state index in [1.807, 2.05) is 18.2 Å². The lowest BCUT2D eigenvalue weighted by Crippen LogP contribution is -2.36. The molecule has 0 radical (unpaired) electrons. The first kappa shape index (κ1) is 23.3. The summed E-state index contributed by atoms with van der Waals surface area (Å²) >= 11 is 0. The van der Waals surface area contributed by atoms with Gasteiger partial charge in [-0.15, -0.1) is 0 Å². The van der Waals surface area contributed by atoms with Crippen molar-refractivity contribution < 1.29 is 17.9 Å². The highest BCUT2D eigenvalue weighted by Crippen LogP contribution is 2.22. The van der Waals surface area contributed by atoms with Gasteiger partial charge in [-0.3, -0.25) is 14.7 Å². The number of carbonyl (C=O) groups excluding carboxylic acids is 1. The number of hydrogen-bond donors (Lipinski definition) is 1. The van der Waals surface area contributed by atoms with Crippen LogP contribution in [0.15, 0.2) is 65.7 Å². The van der Waals surface area contributed by atoms with E-state index in [0.717, 1.165) is 30.4 Å². The first-order valence-corrected chi connectivity index (χ1v) is 12.4. The second-order valence-electron chi connectivity index (χ2n) is 7.98. The van der Waals surface area contributed by atoms with Crippen molar-refractivity contribution in [3.05, 3.63) is 66.4 Å². The number of rotatable bonds is 7. The number of nitrogens with one attached hydrogen (secondary N) is 1. The number of sulfonamides is 1. The van der Waals surface area contributed by atoms with Crippen LogP contribution < -0.4 is 5.32 Å². The molecule has 1 aliphatic heterocycles. The Hall–Kier alpha value is -2.85. The first-order chi connectivity index (χ1) is 16.0. The van der Waals surface area contributed by atoms with Gasteiger partial charge in [-0.1, -0.05) is 18.2 Å². The predicted octanol–water partition coefficient (Wildman–Crippen LogP) is 2.83. The molecule has 1 aromatic heterocycles. The molecule has 0 aliphatic carbocycles. The van der Waals surface area contributed by atoms with E-state index in [1.54, 1.807) is 43.6 Å². The van der Waals surface area contributed by atoms with Gasteiger partial charge in [0.05, 0.1) is 17.0 Å². The van der Waals surface area contributed by atoms with E-state index < -0.39 is 10.0 Å². The van der Waals surface area contributed by atoms with E-state index in [2.05, 4.69) is 15.2 Å². The number of methoxy groups -OCH3 is 1. The fourth-order valence-corrected chi connectivity index (χ4v) is 5.44. The number of benzene rings is 2. The van der Waals surface area contributed by atoms with E-state index >= 15 is 0 Å². The monoisotopic (exact) mass is 468 g/mol. The number of carbonyl (C=O) groups is 1. The number of pyridine rings is 1. The van der Waals surface area contributed by atoms with Gasteiger partial charge in [0.1, 0.15) is 0 Å². The lowest BCUT2D eigenvalue weighted by Gasteiger charge is -2.21. The van der Waals surface area contributed by atoms with Crippen molar-refractivity contribution in [2.75, 3.05) is 51.8 Å². The summed E-state index contributed by atoms with van der Waals surface area (Å²) < 4.78 is 33.2. The van der Waals surface area contributed by atoms with Gasteiger partial charge in [0.2, 0.25) is 10.0 Å². The van der Waals surface area contributed by atoms with Gasteiger partial charge >= 0.3 is 0 Å². The van der Waals surface area contributed by atoms with Crippen molar-refractivity contribution in [2.45, 2.75) is 11.3 Å². The number of ether oxygens (including phenoxy) is 1. The standard InChI is InChI=1S/C24H28N4O4S/c1-32-16-15-27-11-4-12-28(14-13-27)33(30,31)22-7-2-6-21(18-22)26-24(29)20-9-8-19-5-3-10-25-23(19)17-20/h2-3,5-10,17-18H,4,11-16H2,1H3,(H,26,29). The topological polar surface area (TPSA) is 91.8 Å². The molecular weight excluding hydrogens is 440 g/mol. The zero-order chi connectivity index (χ0) is 23.3. The Labute approximate surface area is 194 Å². The van der Waals surface area contributed by atoms with E-state index in [1.165, 1.54) is 10.4 Å². The summed E-state index contributed by atoms with van der Waals surface area (Å²) in [6.45, 7) is 3.80. The Kier molecular flexibility index (Phi) is 7.34. The molecule has 1 N–H and O–H groups in total. The summed E-state index contributed by atoms with van der Waals surface area (Å²) in [6, 6.07) is 15.5. The van der Waals surface area contributed by atoms with E-state index in [-0.39, 0.29) is 10.8 Å². The Balaban J connectivity index is 1.47. The average molecular weight is 469 g/mol. The quantitative estimate of drug-likeness (QED) is 0.573. The molecule has 174 valence electrons. The second kappa shape index (κ2) is 10.4. The zero-order valence-electron chi connectivity index (χ0n) is 18.6. The second-order valence-corrected chi connectivity index (χ2v) is 9.92. The molecule has 2 heterocycles. The Morgan fingerprint density at radius 1 is 1.06 bits per heavy atom. The summed E-state index contributed by atoms with van der Waals surface area (Å²) in [7, 11) is -2.00. The molecule has 1 saturated heterocycles. The predicted molar refractivity (Wildman–Crippen MR) is 128 cm³/mol. The molecule has 2 aromatic carbocycles. The highest BCUT2D eigenvalue weighted by atomic mass is 32.2. The molecular formula is C24H28N4O4S. The number of nitrogens with zero attached hydrogens (tertiary/aromatic N) is 3. The third-order valence-electron chi connectivity index (χ3n) is 5.76. The van der Waals surface area contributed by atoms with Crippen LogP contribution in [0, 0.1) is 0 Å². The molecule has 0 atom stereocenters. The van der Waals surface area contributed by atoms with Gasteiger partial charge in [0.15, 0.2) is 0 Å². The van der Waals surface area contributed by atoms with Gasteiger partial charge in [-0.05, 0) is 49.4 Å². The molecule has 0 spiro atoms. The minimum absolute atomic E-state index is 0.172. The number of amides is 1. The Bertz CT molecular complexity index is 1230. The highest BCUT2D eigenvalue weighted by molar-refractivity contribution is 7.89. The van der Waals surface area contributed by atoms with Gasteiger partial charge < -0.3 is 10.1 Å². The number of aromatic nitrogens is 1. The summed E-state index contributed by atoms with van der Waals surface area (Å²) in [5.74, 6) is -0.319. The van der Waals surface area contributed by atoms with Crippen LogP contribution in [0.5, 0.6) is 0 Å². The lowest BCUT2D eigenvalue weighted by molar-refractivity contribution is 0.102. The van der Waals surface area contributed by atoms with Crippen molar-refractivity contribution in [1.29, 1.82) is 0 Å². The SMILES string of the molecule is COCCN1CCCN(S(=O)(=O)c2cccc(NC(=O)c3ccc4cccnc4c3)c2)CC1. The average Bonchev–Trinajstić information content (AvgIpc) is 3.09. The van der Waals surface area contributed by atoms with Crippen molar-refractivity contribution in [1.82, 2.24) is 14.2 Å². The maximum absolute atomic E-state index is 13.3. The zero-order valence-corrected chi connectivity index (χ0v) is 19.4. The van der Waals surface area contributed by atoms with Crippen LogP contribution in [0.1, 0.15) is 16.8 Å². The maximum Gasteiger partial charge on any atom is 0.255 e. The summed E-state index contributed by atoms with van der Waals surface area (Å²) in [6.07, 6.45) is 2.44. The fourth-order valence-electron chi connectivity index (χ4n) is 3.93. The molecule has 3 aromatic rings. The van der Waals surface area contributed by atoms with Gasteiger partial charge in [-0.25, -0.2) is 8.42 Å². The summed E-state index contributed by atoms with van der Waals surface area (Å²) in [4.78, 5) is 19.4. The first-order valence-electron chi connectivity index (χ1n) is 10.9. The third kappa shape index (κ3) is 5.56. The van der Waals surface area contributed by atoms with Crippen molar-refractivity contribution in [3.63, 3.8) is 0 Å². The summed E-state index contributed by atoms with van der Waals surface area (Å²) in [5, 5.41) is 3.75. The molecule has 9 heteroatoms. The molecule has 0 saturated carbocycles. The van der Waals surface area contributed by atoms with Crippen LogP contribution in [-0.2, 0) is 14.8 Å². The van der Waals surface area contributed by atoms with Crippen molar-refractivity contribution in [3.8, 4) is 0 Å². The molecule has 0 bridgehead atoms. The number of hydrogen-bond acceptors (Lipinski definition) is 6. The number of anilines is 1. The Morgan fingerprint density at radius 3 is 2.79 bits per heavy atom. The lowest BCUT2D eigenvalue weighted by atomic mass is 10.1. The third-order valence-corrected chi connectivity index (χ3v) is 7.65. The van der Waals surface area contributed by atoms with Crippen LogP contribution in [-0.4, -0.2) is 75.0 Å². The van der Waals surface area contributed by atoms with Crippen LogP contribution in [0.3, 0.4) is 0 Å². The van der Waals surface area contributed by atoms with Crippen molar-refractivity contribution in [2.24, 2.45) is 0 Å². The van der Waals surface area contributed by atoms with Crippen molar-refractivity contribution >= 4 is 32.5 Å². The van der Waals surface area contributed by atoms with Crippen LogP contribution in [0.2, 0.25) is 0 Å². The molecule has 8 nitrogen and oxygen atoms in total. The van der Waals surface area contributed by atoms with E-state index in [4.69, 9.17) is 4.74 Å². The van der Waals surface area contributed by atoms with Gasteiger partial charge in [0, 0.05) is 56.1 Å². The smallest absolute Gasteiger partial charge is 0.255 e. The summed E-state index contributed by atoms with van der Waals surface area (Å²) in [5.41, 5.74) is 1.61. The molecule has 4 rings (SSSR count). The number of fused-ring (bicyclic) bond motifs is 1. The van der Waals surface area contributed by atoms with E-state index in [9.17, 15) is 13.2 Å². The Morgan fingerprint density at radius 2 is 1.94 bits per heavy atom. The largest absolute Gasteiger partial charge is 0.383 e. The van der Waals surface area contributed by atoms with Gasteiger partial charge in [-0.2, -0.15) is 4.31 Å². The highest BCUT2D eigenvalue weighted by Gasteiger charge is 2.27. The molecule has 0 unspecified atom stereocenters. The normalized spacial score (nSPS) is 15.9. The maximum atomic E-state index is 13.3. The van der Waals surface area contributed by atoms with Crippen LogP contribution >= 0.6 is 0 Å². The molecule has 33 heavy (non-hydrogen) atoms.